The van der Waals surface area contributed by atoms with Gasteiger partial charge in [0.25, 0.3) is 5.91 Å². The third-order valence-corrected chi connectivity index (χ3v) is 6.09. The van der Waals surface area contributed by atoms with Crippen LogP contribution in [0.4, 0.5) is 0 Å². The fourth-order valence-electron chi connectivity index (χ4n) is 4.39. The first-order valence-corrected chi connectivity index (χ1v) is 11.2. The number of aryl methyl sites for hydroxylation is 1. The molecule has 0 spiro atoms. The van der Waals surface area contributed by atoms with Gasteiger partial charge in [0.05, 0.1) is 32.3 Å². The molecule has 2 aromatic heterocycles. The van der Waals surface area contributed by atoms with Gasteiger partial charge < -0.3 is 28.1 Å². The zero-order chi connectivity index (χ0) is 23.5. The average Bonchev–Trinajstić information content (AvgIpc) is 3.35. The quantitative estimate of drug-likeness (QED) is 0.502. The van der Waals surface area contributed by atoms with Crippen molar-refractivity contribution in [3.8, 4) is 11.5 Å². The van der Waals surface area contributed by atoms with Crippen molar-refractivity contribution in [2.45, 2.75) is 33.2 Å². The summed E-state index contributed by atoms with van der Waals surface area (Å²) in [6, 6.07) is 9.42. The van der Waals surface area contributed by atoms with Crippen LogP contribution in [0.25, 0.3) is 11.1 Å². The van der Waals surface area contributed by atoms with Crippen LogP contribution in [0.2, 0.25) is 0 Å². The molecule has 0 aliphatic carbocycles. The molecule has 1 fully saturated rings. The number of hydrogen-bond acceptors (Lipinski definition) is 6. The summed E-state index contributed by atoms with van der Waals surface area (Å²) in [6.07, 6.45) is 1.21. The molecule has 8 nitrogen and oxygen atoms in total. The van der Waals surface area contributed by atoms with Crippen LogP contribution < -0.4 is 9.47 Å². The number of benzene rings is 1. The number of nitrogens with zero attached hydrogens (tertiary/aromatic N) is 2. The van der Waals surface area contributed by atoms with Crippen molar-refractivity contribution in [3.63, 3.8) is 0 Å². The van der Waals surface area contributed by atoms with Crippen LogP contribution in [0.15, 0.2) is 34.7 Å². The van der Waals surface area contributed by atoms with E-state index in [4.69, 9.17) is 18.6 Å². The Morgan fingerprint density at radius 2 is 1.70 bits per heavy atom. The first-order valence-electron chi connectivity index (χ1n) is 11.2. The molecule has 176 valence electrons. The number of fused-ring (bicyclic) bond motifs is 1. The zero-order valence-corrected chi connectivity index (χ0v) is 19.6. The van der Waals surface area contributed by atoms with Crippen molar-refractivity contribution < 1.29 is 28.2 Å². The molecule has 0 radical (unpaired) electrons. The molecule has 3 heterocycles. The van der Waals surface area contributed by atoms with Crippen molar-refractivity contribution in [1.29, 1.82) is 0 Å². The number of methoxy groups -OCH3 is 2. The molecule has 0 atom stereocenters. The Bertz CT molecular complexity index is 1130. The van der Waals surface area contributed by atoms with E-state index < -0.39 is 0 Å². The third-order valence-electron chi connectivity index (χ3n) is 6.09. The van der Waals surface area contributed by atoms with Gasteiger partial charge in [-0.05, 0) is 44.4 Å². The summed E-state index contributed by atoms with van der Waals surface area (Å²) in [7, 11) is 3.22. The summed E-state index contributed by atoms with van der Waals surface area (Å²) in [4.78, 5) is 27.4. The normalized spacial score (nSPS) is 14.5. The molecule has 1 aliphatic rings. The van der Waals surface area contributed by atoms with Crippen molar-refractivity contribution in [1.82, 2.24) is 9.47 Å². The molecule has 8 heteroatoms. The molecular formula is C25H30N2O6. The molecule has 4 rings (SSSR count). The lowest BCUT2D eigenvalue weighted by atomic mass is 9.97. The molecule has 1 amide bonds. The molecule has 33 heavy (non-hydrogen) atoms. The summed E-state index contributed by atoms with van der Waals surface area (Å²) in [6.45, 7) is 5.55. The van der Waals surface area contributed by atoms with E-state index in [0.29, 0.717) is 61.9 Å². The van der Waals surface area contributed by atoms with Gasteiger partial charge in [-0.25, -0.2) is 0 Å². The fourth-order valence-corrected chi connectivity index (χ4v) is 4.39. The predicted octanol–water partition coefficient (Wildman–Crippen LogP) is 4.02. The van der Waals surface area contributed by atoms with Crippen LogP contribution in [0.3, 0.4) is 0 Å². The van der Waals surface area contributed by atoms with Crippen LogP contribution in [0, 0.1) is 12.8 Å². The van der Waals surface area contributed by atoms with Crippen LogP contribution in [-0.4, -0.2) is 55.3 Å². The number of carbonyl (C=O) groups is 2. The number of furan rings is 1. The maximum atomic E-state index is 13.5. The standard InChI is InChI=1S/C25H30N2O6/c1-5-32-25(29)18-6-8-26(9-7-18)24(28)22-14-23-21(10-16(2)33-23)27(22)15-17-11-19(30-3)13-20(12-17)31-4/h10-14,18H,5-9,15H2,1-4H3. The lowest BCUT2D eigenvalue weighted by molar-refractivity contribution is -0.149. The molecule has 1 aromatic carbocycles. The lowest BCUT2D eigenvalue weighted by Gasteiger charge is -2.31. The van der Waals surface area contributed by atoms with Crippen LogP contribution in [0.1, 0.15) is 41.6 Å². The highest BCUT2D eigenvalue weighted by Crippen LogP contribution is 2.29. The number of rotatable bonds is 7. The highest BCUT2D eigenvalue weighted by molar-refractivity contribution is 5.98. The molecular weight excluding hydrogens is 424 g/mol. The Morgan fingerprint density at radius 3 is 2.30 bits per heavy atom. The summed E-state index contributed by atoms with van der Waals surface area (Å²) in [5.74, 6) is 1.76. The summed E-state index contributed by atoms with van der Waals surface area (Å²) in [5, 5.41) is 0. The van der Waals surface area contributed by atoms with E-state index in [0.717, 1.165) is 16.8 Å². The topological polar surface area (TPSA) is 83.1 Å². The maximum Gasteiger partial charge on any atom is 0.309 e. The summed E-state index contributed by atoms with van der Waals surface area (Å²) in [5.41, 5.74) is 3.03. The van der Waals surface area contributed by atoms with E-state index in [9.17, 15) is 9.59 Å². The monoisotopic (exact) mass is 454 g/mol. The minimum atomic E-state index is -0.173. The first-order chi connectivity index (χ1) is 15.9. The van der Waals surface area contributed by atoms with Gasteiger partial charge in [-0.1, -0.05) is 0 Å². The predicted molar refractivity (Wildman–Crippen MR) is 123 cm³/mol. The third kappa shape index (κ3) is 4.69. The van der Waals surface area contributed by atoms with Crippen molar-refractivity contribution in [3.05, 3.63) is 47.3 Å². The van der Waals surface area contributed by atoms with Gasteiger partial charge in [-0.15, -0.1) is 0 Å². The second kappa shape index (κ2) is 9.60. The number of aromatic nitrogens is 1. The Kier molecular flexibility index (Phi) is 6.62. The number of hydrogen-bond donors (Lipinski definition) is 0. The van der Waals surface area contributed by atoms with Gasteiger partial charge in [0, 0.05) is 37.8 Å². The van der Waals surface area contributed by atoms with Gasteiger partial charge in [0.15, 0.2) is 5.58 Å². The highest BCUT2D eigenvalue weighted by Gasteiger charge is 2.30. The van der Waals surface area contributed by atoms with E-state index >= 15 is 0 Å². The van der Waals surface area contributed by atoms with Gasteiger partial charge in [-0.2, -0.15) is 0 Å². The van der Waals surface area contributed by atoms with E-state index in [1.165, 1.54) is 0 Å². The van der Waals surface area contributed by atoms with Gasteiger partial charge >= 0.3 is 5.97 Å². The largest absolute Gasteiger partial charge is 0.497 e. The molecule has 0 saturated carbocycles. The minimum Gasteiger partial charge on any atom is -0.497 e. The minimum absolute atomic E-state index is 0.0729. The molecule has 0 unspecified atom stereocenters. The fraction of sp³-hybridized carbons (Fsp3) is 0.440. The Labute approximate surface area is 193 Å². The first kappa shape index (κ1) is 22.8. The smallest absolute Gasteiger partial charge is 0.309 e. The number of likely N-dealkylation sites (tertiary alicyclic amines) is 1. The van der Waals surface area contributed by atoms with Crippen LogP contribution >= 0.6 is 0 Å². The van der Waals surface area contributed by atoms with E-state index in [1.54, 1.807) is 32.1 Å². The van der Waals surface area contributed by atoms with E-state index in [-0.39, 0.29) is 17.8 Å². The van der Waals surface area contributed by atoms with Crippen LogP contribution in [-0.2, 0) is 16.1 Å². The molecule has 1 aliphatic heterocycles. The Morgan fingerprint density at radius 1 is 1.03 bits per heavy atom. The number of piperidine rings is 1. The van der Waals surface area contributed by atoms with E-state index in [1.807, 2.05) is 35.8 Å². The summed E-state index contributed by atoms with van der Waals surface area (Å²) < 4.78 is 23.8. The number of esters is 1. The maximum absolute atomic E-state index is 13.5. The second-order valence-corrected chi connectivity index (χ2v) is 8.26. The van der Waals surface area contributed by atoms with Crippen LogP contribution in [0.5, 0.6) is 11.5 Å². The average molecular weight is 455 g/mol. The summed E-state index contributed by atoms with van der Waals surface area (Å²) >= 11 is 0. The number of carbonyl (C=O) groups excluding carboxylic acids is 2. The Hall–Kier alpha value is -3.42. The molecule has 0 bridgehead atoms. The van der Waals surface area contributed by atoms with E-state index in [2.05, 4.69) is 0 Å². The number of amides is 1. The highest BCUT2D eigenvalue weighted by atomic mass is 16.5. The Balaban J connectivity index is 1.61. The molecule has 3 aromatic rings. The van der Waals surface area contributed by atoms with Crippen molar-refractivity contribution >= 4 is 23.0 Å². The van der Waals surface area contributed by atoms with Gasteiger partial charge in [0.2, 0.25) is 0 Å². The van der Waals surface area contributed by atoms with Crippen molar-refractivity contribution in [2.75, 3.05) is 33.9 Å². The second-order valence-electron chi connectivity index (χ2n) is 8.26. The van der Waals surface area contributed by atoms with Crippen molar-refractivity contribution in [2.24, 2.45) is 5.92 Å². The molecule has 0 N–H and O–H groups in total. The number of ether oxygens (including phenoxy) is 3. The SMILES string of the molecule is CCOC(=O)C1CCN(C(=O)c2cc3oc(C)cc3n2Cc2cc(OC)cc(OC)c2)CC1. The van der Waals surface area contributed by atoms with Gasteiger partial charge in [0.1, 0.15) is 23.0 Å². The molecule has 1 saturated heterocycles. The van der Waals surface area contributed by atoms with Gasteiger partial charge in [-0.3, -0.25) is 9.59 Å². The lowest BCUT2D eigenvalue weighted by Crippen LogP contribution is -2.41. The zero-order valence-electron chi connectivity index (χ0n) is 19.6.